The Balaban J connectivity index is 2.24. The Hall–Kier alpha value is -1.28. The van der Waals surface area contributed by atoms with Gasteiger partial charge < -0.3 is 10.7 Å². The number of nitrogens with two attached hydrogens (primary N) is 1. The van der Waals surface area contributed by atoms with Crippen LogP contribution in [0.4, 0.5) is 0 Å². The molecule has 2 heteroatoms. The molecule has 1 aliphatic rings. The van der Waals surface area contributed by atoms with Gasteiger partial charge in [-0.05, 0) is 43.9 Å². The fraction of sp³-hybridized carbons (Fsp3) is 0.467. The molecule has 2 aromatic rings. The van der Waals surface area contributed by atoms with Crippen molar-refractivity contribution in [2.24, 2.45) is 5.73 Å². The third-order valence-corrected chi connectivity index (χ3v) is 4.16. The van der Waals surface area contributed by atoms with E-state index in [1.165, 1.54) is 40.4 Å². The monoisotopic (exact) mass is 228 g/mol. The number of rotatable bonds is 1. The summed E-state index contributed by atoms with van der Waals surface area (Å²) < 4.78 is 0. The Morgan fingerprint density at radius 1 is 1.18 bits per heavy atom. The van der Waals surface area contributed by atoms with E-state index < -0.39 is 0 Å². The quantitative estimate of drug-likeness (QED) is 0.770. The van der Waals surface area contributed by atoms with Crippen LogP contribution in [0, 0.1) is 13.8 Å². The van der Waals surface area contributed by atoms with Crippen molar-refractivity contribution in [1.82, 2.24) is 4.98 Å². The SMILES string of the molecule is Cc1cc(C)c2[nH]cc(C3(N)CCCC3)c2c1. The zero-order valence-corrected chi connectivity index (χ0v) is 10.6. The Kier molecular flexibility index (Phi) is 2.30. The second kappa shape index (κ2) is 3.61. The van der Waals surface area contributed by atoms with E-state index in [1.54, 1.807) is 0 Å². The lowest BCUT2D eigenvalue weighted by molar-refractivity contribution is 0.466. The van der Waals surface area contributed by atoms with E-state index in [0.717, 1.165) is 12.8 Å². The van der Waals surface area contributed by atoms with Gasteiger partial charge >= 0.3 is 0 Å². The van der Waals surface area contributed by atoms with Crippen LogP contribution in [0.1, 0.15) is 42.4 Å². The lowest BCUT2D eigenvalue weighted by Crippen LogP contribution is -2.32. The maximum Gasteiger partial charge on any atom is 0.0487 e. The van der Waals surface area contributed by atoms with Crippen molar-refractivity contribution in [3.05, 3.63) is 35.0 Å². The molecule has 1 aliphatic carbocycles. The molecule has 2 nitrogen and oxygen atoms in total. The van der Waals surface area contributed by atoms with Crippen molar-refractivity contribution in [3.8, 4) is 0 Å². The zero-order chi connectivity index (χ0) is 12.0. The van der Waals surface area contributed by atoms with Gasteiger partial charge in [0, 0.05) is 22.6 Å². The van der Waals surface area contributed by atoms with Gasteiger partial charge in [0.1, 0.15) is 0 Å². The summed E-state index contributed by atoms with van der Waals surface area (Å²) in [5, 5.41) is 1.33. The number of aryl methyl sites for hydroxylation is 2. The molecule has 0 atom stereocenters. The van der Waals surface area contributed by atoms with E-state index in [1.807, 2.05) is 0 Å². The Morgan fingerprint density at radius 3 is 2.59 bits per heavy atom. The van der Waals surface area contributed by atoms with Crippen molar-refractivity contribution in [3.63, 3.8) is 0 Å². The van der Waals surface area contributed by atoms with Crippen molar-refractivity contribution < 1.29 is 0 Å². The minimum Gasteiger partial charge on any atom is -0.361 e. The highest BCUT2D eigenvalue weighted by molar-refractivity contribution is 5.87. The first-order chi connectivity index (χ1) is 8.10. The van der Waals surface area contributed by atoms with Gasteiger partial charge in [0.2, 0.25) is 0 Å². The summed E-state index contributed by atoms with van der Waals surface area (Å²) in [6.07, 6.45) is 6.88. The molecule has 1 saturated carbocycles. The fourth-order valence-electron chi connectivity index (χ4n) is 3.28. The molecule has 0 unspecified atom stereocenters. The fourth-order valence-corrected chi connectivity index (χ4v) is 3.28. The number of aromatic amines is 1. The molecule has 0 bridgehead atoms. The molecule has 17 heavy (non-hydrogen) atoms. The molecule has 1 aromatic heterocycles. The first-order valence-electron chi connectivity index (χ1n) is 6.48. The van der Waals surface area contributed by atoms with Gasteiger partial charge in [0.15, 0.2) is 0 Å². The third-order valence-electron chi connectivity index (χ3n) is 4.16. The molecule has 90 valence electrons. The highest BCUT2D eigenvalue weighted by atomic mass is 14.8. The summed E-state index contributed by atoms with van der Waals surface area (Å²) in [4.78, 5) is 3.41. The third kappa shape index (κ3) is 1.59. The molecule has 0 radical (unpaired) electrons. The Morgan fingerprint density at radius 2 is 1.88 bits per heavy atom. The second-order valence-corrected chi connectivity index (χ2v) is 5.57. The average molecular weight is 228 g/mol. The maximum atomic E-state index is 6.57. The van der Waals surface area contributed by atoms with E-state index in [4.69, 9.17) is 5.73 Å². The standard InChI is InChI=1S/C15H20N2/c1-10-7-11(2)14-12(8-10)13(9-17-14)15(16)5-3-4-6-15/h7-9,17H,3-6,16H2,1-2H3. The van der Waals surface area contributed by atoms with Crippen LogP contribution >= 0.6 is 0 Å². The number of nitrogens with one attached hydrogen (secondary N) is 1. The van der Waals surface area contributed by atoms with Crippen LogP contribution in [0.5, 0.6) is 0 Å². The van der Waals surface area contributed by atoms with Crippen LogP contribution in [-0.2, 0) is 5.54 Å². The number of benzene rings is 1. The van der Waals surface area contributed by atoms with Crippen LogP contribution in [0.2, 0.25) is 0 Å². The molecule has 1 heterocycles. The van der Waals surface area contributed by atoms with Crippen LogP contribution in [-0.4, -0.2) is 4.98 Å². The van der Waals surface area contributed by atoms with Gasteiger partial charge in [0.25, 0.3) is 0 Å². The molecule has 0 aliphatic heterocycles. The van der Waals surface area contributed by atoms with Crippen molar-refractivity contribution >= 4 is 10.9 Å². The summed E-state index contributed by atoms with van der Waals surface area (Å²) in [7, 11) is 0. The lowest BCUT2D eigenvalue weighted by atomic mass is 9.88. The van der Waals surface area contributed by atoms with E-state index in [2.05, 4.69) is 37.2 Å². The minimum atomic E-state index is -0.0987. The number of aromatic nitrogens is 1. The van der Waals surface area contributed by atoms with Crippen LogP contribution in [0.25, 0.3) is 10.9 Å². The number of hydrogen-bond acceptors (Lipinski definition) is 1. The van der Waals surface area contributed by atoms with Gasteiger partial charge in [-0.2, -0.15) is 0 Å². The number of H-pyrrole nitrogens is 1. The van der Waals surface area contributed by atoms with Crippen molar-refractivity contribution in [2.75, 3.05) is 0 Å². The lowest BCUT2D eigenvalue weighted by Gasteiger charge is -2.23. The Bertz CT molecular complexity index is 560. The first-order valence-corrected chi connectivity index (χ1v) is 6.48. The van der Waals surface area contributed by atoms with Crippen LogP contribution in [0.3, 0.4) is 0 Å². The van der Waals surface area contributed by atoms with Crippen molar-refractivity contribution in [2.45, 2.75) is 45.1 Å². The molecule has 3 N–H and O–H groups in total. The summed E-state index contributed by atoms with van der Waals surface area (Å²) in [5.74, 6) is 0. The average Bonchev–Trinajstić information content (AvgIpc) is 2.84. The largest absolute Gasteiger partial charge is 0.361 e. The van der Waals surface area contributed by atoms with E-state index in [0.29, 0.717) is 0 Å². The first kappa shape index (κ1) is 10.8. The van der Waals surface area contributed by atoms with Crippen LogP contribution in [0.15, 0.2) is 18.3 Å². The molecule has 0 saturated heterocycles. The van der Waals surface area contributed by atoms with Crippen LogP contribution < -0.4 is 5.73 Å². The smallest absolute Gasteiger partial charge is 0.0487 e. The van der Waals surface area contributed by atoms with E-state index in [9.17, 15) is 0 Å². The molecule has 0 spiro atoms. The molecule has 0 amide bonds. The van der Waals surface area contributed by atoms with Gasteiger partial charge in [0.05, 0.1) is 0 Å². The van der Waals surface area contributed by atoms with Crippen molar-refractivity contribution in [1.29, 1.82) is 0 Å². The predicted molar refractivity (Wildman–Crippen MR) is 72.1 cm³/mol. The van der Waals surface area contributed by atoms with E-state index >= 15 is 0 Å². The summed E-state index contributed by atoms with van der Waals surface area (Å²) in [6, 6.07) is 4.49. The van der Waals surface area contributed by atoms with Gasteiger partial charge in [-0.3, -0.25) is 0 Å². The normalized spacial score (nSPS) is 19.0. The molecular weight excluding hydrogens is 208 g/mol. The highest BCUT2D eigenvalue weighted by Crippen LogP contribution is 2.40. The minimum absolute atomic E-state index is 0.0987. The molecular formula is C15H20N2. The Labute approximate surface area is 102 Å². The summed E-state index contributed by atoms with van der Waals surface area (Å²) in [5.41, 5.74) is 11.7. The predicted octanol–water partition coefficient (Wildman–Crippen LogP) is 3.51. The highest BCUT2D eigenvalue weighted by Gasteiger charge is 2.33. The molecule has 3 rings (SSSR count). The summed E-state index contributed by atoms with van der Waals surface area (Å²) >= 11 is 0. The number of fused-ring (bicyclic) bond motifs is 1. The maximum absolute atomic E-state index is 6.57. The summed E-state index contributed by atoms with van der Waals surface area (Å²) in [6.45, 7) is 4.31. The molecule has 1 fully saturated rings. The van der Waals surface area contributed by atoms with Gasteiger partial charge in [-0.1, -0.05) is 24.5 Å². The topological polar surface area (TPSA) is 41.8 Å². The second-order valence-electron chi connectivity index (χ2n) is 5.57. The molecule has 1 aromatic carbocycles. The number of hydrogen-bond donors (Lipinski definition) is 2. The van der Waals surface area contributed by atoms with E-state index in [-0.39, 0.29) is 5.54 Å². The zero-order valence-electron chi connectivity index (χ0n) is 10.6. The van der Waals surface area contributed by atoms with Gasteiger partial charge in [-0.15, -0.1) is 0 Å². The van der Waals surface area contributed by atoms with Gasteiger partial charge in [-0.25, -0.2) is 0 Å².